The molecular formula is C23H34N+. The van der Waals surface area contributed by atoms with Gasteiger partial charge in [0, 0.05) is 24.1 Å². The molecule has 24 heavy (non-hydrogen) atoms. The van der Waals surface area contributed by atoms with E-state index in [2.05, 4.69) is 73.3 Å². The van der Waals surface area contributed by atoms with Gasteiger partial charge < -0.3 is 0 Å². The molecule has 0 bridgehead atoms. The monoisotopic (exact) mass is 324 g/mol. The highest BCUT2D eigenvalue weighted by Gasteiger charge is 2.17. The van der Waals surface area contributed by atoms with Gasteiger partial charge in [-0.1, -0.05) is 82.7 Å². The van der Waals surface area contributed by atoms with Crippen LogP contribution in [0.2, 0.25) is 0 Å². The second-order valence-electron chi connectivity index (χ2n) is 6.86. The third-order valence-electron chi connectivity index (χ3n) is 4.92. The second kappa shape index (κ2) is 11.0. The van der Waals surface area contributed by atoms with Crippen molar-refractivity contribution in [2.75, 3.05) is 0 Å². The summed E-state index contributed by atoms with van der Waals surface area (Å²) in [6.45, 7) is 4.54. The Kier molecular flexibility index (Phi) is 8.59. The van der Waals surface area contributed by atoms with Crippen molar-refractivity contribution in [1.82, 2.24) is 0 Å². The molecule has 130 valence electrons. The number of aryl methyl sites for hydroxylation is 1. The van der Waals surface area contributed by atoms with Crippen LogP contribution in [0.25, 0.3) is 0 Å². The van der Waals surface area contributed by atoms with Crippen molar-refractivity contribution < 1.29 is 4.57 Å². The van der Waals surface area contributed by atoms with Crippen molar-refractivity contribution in [2.45, 2.75) is 77.7 Å². The van der Waals surface area contributed by atoms with E-state index in [1.807, 2.05) is 0 Å². The maximum absolute atomic E-state index is 2.35. The third-order valence-corrected chi connectivity index (χ3v) is 4.92. The molecule has 0 aliphatic carbocycles. The lowest BCUT2D eigenvalue weighted by atomic mass is 10.0. The van der Waals surface area contributed by atoms with Crippen LogP contribution in [-0.2, 0) is 6.42 Å². The largest absolute Gasteiger partial charge is 0.198 e. The molecule has 1 heterocycles. The first-order chi connectivity index (χ1) is 11.8. The maximum Gasteiger partial charge on any atom is 0.183 e. The smallest absolute Gasteiger partial charge is 0.183 e. The van der Waals surface area contributed by atoms with Crippen LogP contribution >= 0.6 is 0 Å². The van der Waals surface area contributed by atoms with Gasteiger partial charge in [0.2, 0.25) is 0 Å². The molecule has 1 aromatic heterocycles. The first kappa shape index (κ1) is 18.7. The molecule has 0 radical (unpaired) electrons. The second-order valence-corrected chi connectivity index (χ2v) is 6.86. The van der Waals surface area contributed by atoms with E-state index in [1.54, 1.807) is 0 Å². The lowest BCUT2D eigenvalue weighted by Gasteiger charge is -2.11. The first-order valence-corrected chi connectivity index (χ1v) is 9.89. The molecule has 0 aliphatic rings. The quantitative estimate of drug-likeness (QED) is 0.339. The molecule has 0 spiro atoms. The summed E-state index contributed by atoms with van der Waals surface area (Å²) in [4.78, 5) is 0. The average molecular weight is 325 g/mol. The molecule has 0 saturated carbocycles. The number of benzene rings is 1. The molecule has 2 aromatic rings. The molecule has 2 rings (SSSR count). The topological polar surface area (TPSA) is 3.88 Å². The molecular weight excluding hydrogens is 290 g/mol. The maximum atomic E-state index is 2.35. The molecule has 1 unspecified atom stereocenters. The summed E-state index contributed by atoms with van der Waals surface area (Å²) in [7, 11) is 0. The summed E-state index contributed by atoms with van der Waals surface area (Å²) in [6, 6.07) is 15.9. The van der Waals surface area contributed by atoms with E-state index in [0.717, 1.165) is 6.42 Å². The van der Waals surface area contributed by atoms with Crippen molar-refractivity contribution in [3.63, 3.8) is 0 Å². The van der Waals surface area contributed by atoms with Gasteiger partial charge in [-0.2, -0.15) is 4.57 Å². The van der Waals surface area contributed by atoms with Gasteiger partial charge in [-0.3, -0.25) is 0 Å². The zero-order valence-electron chi connectivity index (χ0n) is 15.6. The summed E-state index contributed by atoms with van der Waals surface area (Å²) in [5, 5.41) is 0. The Morgan fingerprint density at radius 3 is 2.00 bits per heavy atom. The predicted octanol–water partition coefficient (Wildman–Crippen LogP) is 6.27. The minimum atomic E-state index is 0.443. The summed E-state index contributed by atoms with van der Waals surface area (Å²) in [5.74, 6) is 0. The SMILES string of the molecule is CCCCCCCCCc1cc[n+](C(CC)c2ccccc2)cc1. The Hall–Kier alpha value is -1.63. The van der Waals surface area contributed by atoms with Crippen molar-refractivity contribution in [2.24, 2.45) is 0 Å². The van der Waals surface area contributed by atoms with Gasteiger partial charge in [0.25, 0.3) is 0 Å². The normalized spacial score (nSPS) is 12.2. The number of aromatic nitrogens is 1. The zero-order chi connectivity index (χ0) is 17.0. The Morgan fingerprint density at radius 2 is 1.38 bits per heavy atom. The van der Waals surface area contributed by atoms with Crippen molar-refractivity contribution in [1.29, 1.82) is 0 Å². The fourth-order valence-corrected chi connectivity index (χ4v) is 3.42. The van der Waals surface area contributed by atoms with Gasteiger partial charge in [0.15, 0.2) is 18.4 Å². The van der Waals surface area contributed by atoms with Crippen LogP contribution in [0.15, 0.2) is 54.9 Å². The number of hydrogen-bond acceptors (Lipinski definition) is 0. The van der Waals surface area contributed by atoms with Crippen LogP contribution < -0.4 is 4.57 Å². The Labute approximate surface area is 148 Å². The fourth-order valence-electron chi connectivity index (χ4n) is 3.42. The van der Waals surface area contributed by atoms with Crippen LogP contribution in [0.3, 0.4) is 0 Å². The molecule has 0 fully saturated rings. The first-order valence-electron chi connectivity index (χ1n) is 9.89. The summed E-state index contributed by atoms with van der Waals surface area (Å²) >= 11 is 0. The van der Waals surface area contributed by atoms with Crippen molar-refractivity contribution in [3.8, 4) is 0 Å². The van der Waals surface area contributed by atoms with Gasteiger partial charge in [-0.15, -0.1) is 0 Å². The number of hydrogen-bond donors (Lipinski definition) is 0. The van der Waals surface area contributed by atoms with Crippen molar-refractivity contribution >= 4 is 0 Å². The van der Waals surface area contributed by atoms with Crippen LogP contribution in [0.1, 0.15) is 82.4 Å². The van der Waals surface area contributed by atoms with Gasteiger partial charge >= 0.3 is 0 Å². The highest BCUT2D eigenvalue weighted by atomic mass is 15.0. The minimum Gasteiger partial charge on any atom is -0.198 e. The number of unbranched alkanes of at least 4 members (excludes halogenated alkanes) is 6. The molecule has 1 heteroatoms. The Bertz CT molecular complexity index is 544. The van der Waals surface area contributed by atoms with Gasteiger partial charge in [0.1, 0.15) is 0 Å². The Morgan fingerprint density at radius 1 is 0.750 bits per heavy atom. The number of rotatable bonds is 11. The molecule has 1 nitrogen and oxygen atoms in total. The minimum absolute atomic E-state index is 0.443. The predicted molar refractivity (Wildman–Crippen MR) is 103 cm³/mol. The molecule has 1 atom stereocenters. The zero-order valence-corrected chi connectivity index (χ0v) is 15.6. The van der Waals surface area contributed by atoms with E-state index >= 15 is 0 Å². The van der Waals surface area contributed by atoms with Crippen molar-refractivity contribution in [3.05, 3.63) is 66.0 Å². The molecule has 0 saturated heterocycles. The summed E-state index contributed by atoms with van der Waals surface area (Å²) < 4.78 is 2.35. The van der Waals surface area contributed by atoms with Gasteiger partial charge in [-0.05, 0) is 18.4 Å². The van der Waals surface area contributed by atoms with E-state index in [-0.39, 0.29) is 0 Å². The lowest BCUT2D eigenvalue weighted by molar-refractivity contribution is -0.714. The summed E-state index contributed by atoms with van der Waals surface area (Å²) in [5.41, 5.74) is 2.87. The van der Waals surface area contributed by atoms with E-state index in [1.165, 1.54) is 62.5 Å². The molecule has 0 N–H and O–H groups in total. The van der Waals surface area contributed by atoms with Gasteiger partial charge in [-0.25, -0.2) is 0 Å². The van der Waals surface area contributed by atoms with E-state index in [9.17, 15) is 0 Å². The lowest BCUT2D eigenvalue weighted by Crippen LogP contribution is -2.39. The highest BCUT2D eigenvalue weighted by Crippen LogP contribution is 2.16. The summed E-state index contributed by atoms with van der Waals surface area (Å²) in [6.07, 6.45) is 16.5. The fraction of sp³-hybridized carbons (Fsp3) is 0.522. The van der Waals surface area contributed by atoms with Crippen LogP contribution in [0.5, 0.6) is 0 Å². The standard InChI is InChI=1S/C23H34N/c1-3-5-6-7-8-9-11-14-21-17-19-24(20-18-21)23(4-2)22-15-12-10-13-16-22/h10,12-13,15-20,23H,3-9,11,14H2,1-2H3/q+1. The van der Waals surface area contributed by atoms with E-state index < -0.39 is 0 Å². The average Bonchev–Trinajstić information content (AvgIpc) is 2.64. The molecule has 1 aromatic carbocycles. The van der Waals surface area contributed by atoms with Gasteiger partial charge in [0.05, 0.1) is 0 Å². The molecule has 0 amide bonds. The van der Waals surface area contributed by atoms with E-state index in [0.29, 0.717) is 6.04 Å². The number of nitrogens with zero attached hydrogens (tertiary/aromatic N) is 1. The number of pyridine rings is 1. The Balaban J connectivity index is 1.80. The highest BCUT2D eigenvalue weighted by molar-refractivity contribution is 5.17. The third kappa shape index (κ3) is 6.11. The van der Waals surface area contributed by atoms with Crippen LogP contribution in [0.4, 0.5) is 0 Å². The van der Waals surface area contributed by atoms with Crippen LogP contribution in [-0.4, -0.2) is 0 Å². The van der Waals surface area contributed by atoms with E-state index in [4.69, 9.17) is 0 Å². The molecule has 0 aliphatic heterocycles. The van der Waals surface area contributed by atoms with Crippen LogP contribution in [0, 0.1) is 0 Å².